The summed E-state index contributed by atoms with van der Waals surface area (Å²) >= 11 is 0. The molecular weight excluding hydrogens is 288 g/mol. The highest BCUT2D eigenvalue weighted by atomic mass is 16.5. The molecule has 0 aliphatic rings. The van der Waals surface area contributed by atoms with Crippen molar-refractivity contribution in [2.45, 2.75) is 26.2 Å². The lowest BCUT2D eigenvalue weighted by Crippen LogP contribution is -2.33. The van der Waals surface area contributed by atoms with Crippen molar-refractivity contribution in [2.24, 2.45) is 0 Å². The highest BCUT2D eigenvalue weighted by Crippen LogP contribution is 2.20. The number of nitrogens with zero attached hydrogens (tertiary/aromatic N) is 2. The van der Waals surface area contributed by atoms with E-state index in [9.17, 15) is 4.79 Å². The standard InChI is InChI=1S/C19H24N2O2/c1-15(2)17-5-4-6-18(13-17)23-14-19(22)21(3)12-9-16-7-10-20-11-8-16/h4-8,10-11,13,15H,9,12,14H2,1-3H3. The minimum Gasteiger partial charge on any atom is -0.484 e. The molecule has 0 saturated carbocycles. The van der Waals surface area contributed by atoms with Gasteiger partial charge in [-0.2, -0.15) is 0 Å². The van der Waals surface area contributed by atoms with Crippen LogP contribution in [0.25, 0.3) is 0 Å². The van der Waals surface area contributed by atoms with Gasteiger partial charge in [0.25, 0.3) is 5.91 Å². The van der Waals surface area contributed by atoms with E-state index in [1.54, 1.807) is 24.3 Å². The molecule has 0 radical (unpaired) electrons. The second kappa shape index (κ2) is 8.32. The summed E-state index contributed by atoms with van der Waals surface area (Å²) in [6.45, 7) is 5.00. The summed E-state index contributed by atoms with van der Waals surface area (Å²) < 4.78 is 5.63. The van der Waals surface area contributed by atoms with Gasteiger partial charge in [0.15, 0.2) is 6.61 Å². The molecule has 1 heterocycles. The first-order valence-electron chi connectivity index (χ1n) is 7.92. The number of hydrogen-bond donors (Lipinski definition) is 0. The minimum absolute atomic E-state index is 0.0194. The van der Waals surface area contributed by atoms with E-state index < -0.39 is 0 Å². The van der Waals surface area contributed by atoms with Crippen LogP contribution in [0.1, 0.15) is 30.9 Å². The Hall–Kier alpha value is -2.36. The van der Waals surface area contributed by atoms with Gasteiger partial charge in [0.1, 0.15) is 5.75 Å². The summed E-state index contributed by atoms with van der Waals surface area (Å²) in [5.41, 5.74) is 2.38. The predicted molar refractivity (Wildman–Crippen MR) is 91.6 cm³/mol. The molecule has 2 rings (SSSR count). The molecule has 0 atom stereocenters. The van der Waals surface area contributed by atoms with Crippen molar-refractivity contribution < 1.29 is 9.53 Å². The molecule has 0 N–H and O–H groups in total. The Morgan fingerprint density at radius 2 is 1.96 bits per heavy atom. The van der Waals surface area contributed by atoms with Gasteiger partial charge in [-0.25, -0.2) is 0 Å². The van der Waals surface area contributed by atoms with Crippen LogP contribution in [0, 0.1) is 0 Å². The molecule has 0 saturated heterocycles. The highest BCUT2D eigenvalue weighted by Gasteiger charge is 2.10. The number of amides is 1. The van der Waals surface area contributed by atoms with Gasteiger partial charge in [0, 0.05) is 26.0 Å². The largest absolute Gasteiger partial charge is 0.484 e. The van der Waals surface area contributed by atoms with Crippen LogP contribution in [-0.2, 0) is 11.2 Å². The van der Waals surface area contributed by atoms with Gasteiger partial charge in [-0.15, -0.1) is 0 Å². The van der Waals surface area contributed by atoms with Gasteiger partial charge >= 0.3 is 0 Å². The Balaban J connectivity index is 1.81. The molecule has 23 heavy (non-hydrogen) atoms. The molecule has 0 aliphatic carbocycles. The molecule has 0 unspecified atom stereocenters. The summed E-state index contributed by atoms with van der Waals surface area (Å²) in [6, 6.07) is 11.8. The Kier molecular flexibility index (Phi) is 6.15. The van der Waals surface area contributed by atoms with E-state index in [1.807, 2.05) is 30.3 Å². The van der Waals surface area contributed by atoms with Crippen molar-refractivity contribution in [2.75, 3.05) is 20.2 Å². The average Bonchev–Trinajstić information content (AvgIpc) is 2.58. The molecular formula is C19H24N2O2. The van der Waals surface area contributed by atoms with E-state index >= 15 is 0 Å². The number of likely N-dealkylation sites (N-methyl/N-ethyl adjacent to an activating group) is 1. The molecule has 0 fully saturated rings. The molecule has 122 valence electrons. The summed E-state index contributed by atoms with van der Waals surface area (Å²) in [4.78, 5) is 17.8. The van der Waals surface area contributed by atoms with Gasteiger partial charge in [-0.1, -0.05) is 26.0 Å². The van der Waals surface area contributed by atoms with Gasteiger partial charge in [-0.3, -0.25) is 9.78 Å². The van der Waals surface area contributed by atoms with Crippen LogP contribution >= 0.6 is 0 Å². The van der Waals surface area contributed by atoms with Crippen LogP contribution in [0.4, 0.5) is 0 Å². The van der Waals surface area contributed by atoms with Crippen molar-refractivity contribution in [3.05, 3.63) is 59.9 Å². The van der Waals surface area contributed by atoms with Crippen LogP contribution in [0.5, 0.6) is 5.75 Å². The van der Waals surface area contributed by atoms with Gasteiger partial charge < -0.3 is 9.64 Å². The quantitative estimate of drug-likeness (QED) is 0.788. The van der Waals surface area contributed by atoms with Crippen molar-refractivity contribution in [3.8, 4) is 5.75 Å². The second-order valence-corrected chi connectivity index (χ2v) is 5.94. The maximum Gasteiger partial charge on any atom is 0.260 e. The maximum absolute atomic E-state index is 12.1. The zero-order chi connectivity index (χ0) is 16.7. The lowest BCUT2D eigenvalue weighted by molar-refractivity contribution is -0.132. The third-order valence-electron chi connectivity index (χ3n) is 3.80. The molecule has 0 bridgehead atoms. The Morgan fingerprint density at radius 1 is 1.22 bits per heavy atom. The first-order valence-corrected chi connectivity index (χ1v) is 7.92. The monoisotopic (exact) mass is 312 g/mol. The highest BCUT2D eigenvalue weighted by molar-refractivity contribution is 5.77. The second-order valence-electron chi connectivity index (χ2n) is 5.94. The number of hydrogen-bond acceptors (Lipinski definition) is 3. The number of ether oxygens (including phenoxy) is 1. The van der Waals surface area contributed by atoms with Crippen LogP contribution < -0.4 is 4.74 Å². The molecule has 1 aromatic heterocycles. The first-order chi connectivity index (χ1) is 11.1. The number of aromatic nitrogens is 1. The molecule has 0 aliphatic heterocycles. The Morgan fingerprint density at radius 3 is 2.65 bits per heavy atom. The lowest BCUT2D eigenvalue weighted by Gasteiger charge is -2.17. The SMILES string of the molecule is CC(C)c1cccc(OCC(=O)N(C)CCc2ccncc2)c1. The summed E-state index contributed by atoms with van der Waals surface area (Å²) in [7, 11) is 1.80. The van der Waals surface area contributed by atoms with E-state index in [0.717, 1.165) is 12.2 Å². The smallest absolute Gasteiger partial charge is 0.260 e. The number of carbonyl (C=O) groups is 1. The topological polar surface area (TPSA) is 42.4 Å². The Bertz CT molecular complexity index is 626. The van der Waals surface area contributed by atoms with Gasteiger partial charge in [-0.05, 0) is 47.7 Å². The summed E-state index contributed by atoms with van der Waals surface area (Å²) in [5.74, 6) is 1.17. The lowest BCUT2D eigenvalue weighted by atomic mass is 10.0. The van der Waals surface area contributed by atoms with Crippen molar-refractivity contribution in [1.82, 2.24) is 9.88 Å². The zero-order valence-electron chi connectivity index (χ0n) is 14.0. The van der Waals surface area contributed by atoms with E-state index in [-0.39, 0.29) is 12.5 Å². The molecule has 4 nitrogen and oxygen atoms in total. The zero-order valence-corrected chi connectivity index (χ0v) is 14.0. The van der Waals surface area contributed by atoms with E-state index in [4.69, 9.17) is 4.74 Å². The van der Waals surface area contributed by atoms with Crippen molar-refractivity contribution in [1.29, 1.82) is 0 Å². The molecule has 1 amide bonds. The summed E-state index contributed by atoms with van der Waals surface area (Å²) in [5, 5.41) is 0. The van der Waals surface area contributed by atoms with Crippen molar-refractivity contribution >= 4 is 5.91 Å². The number of rotatable bonds is 7. The third-order valence-corrected chi connectivity index (χ3v) is 3.80. The summed E-state index contributed by atoms with van der Waals surface area (Å²) in [6.07, 6.45) is 4.34. The van der Waals surface area contributed by atoms with E-state index in [1.165, 1.54) is 11.1 Å². The molecule has 0 spiro atoms. The fourth-order valence-corrected chi connectivity index (χ4v) is 2.19. The van der Waals surface area contributed by atoms with Crippen LogP contribution in [0.15, 0.2) is 48.8 Å². The predicted octanol–water partition coefficient (Wildman–Crippen LogP) is 3.28. The van der Waals surface area contributed by atoms with Crippen LogP contribution in [-0.4, -0.2) is 36.0 Å². The van der Waals surface area contributed by atoms with Gasteiger partial charge in [0.05, 0.1) is 0 Å². The van der Waals surface area contributed by atoms with Crippen LogP contribution in [0.2, 0.25) is 0 Å². The fourth-order valence-electron chi connectivity index (χ4n) is 2.19. The van der Waals surface area contributed by atoms with Gasteiger partial charge in [0.2, 0.25) is 0 Å². The molecule has 1 aromatic carbocycles. The average molecular weight is 312 g/mol. The first kappa shape index (κ1) is 17.0. The van der Waals surface area contributed by atoms with Crippen LogP contribution in [0.3, 0.4) is 0 Å². The number of benzene rings is 1. The minimum atomic E-state index is -0.0194. The van der Waals surface area contributed by atoms with Crippen molar-refractivity contribution in [3.63, 3.8) is 0 Å². The molecule has 2 aromatic rings. The Labute approximate surface area is 138 Å². The van der Waals surface area contributed by atoms with E-state index in [0.29, 0.717) is 12.5 Å². The van der Waals surface area contributed by atoms with E-state index in [2.05, 4.69) is 24.9 Å². The third kappa shape index (κ3) is 5.40. The maximum atomic E-state index is 12.1. The molecule has 4 heteroatoms. The number of pyridine rings is 1. The fraction of sp³-hybridized carbons (Fsp3) is 0.368. The number of carbonyl (C=O) groups excluding carboxylic acids is 1. The normalized spacial score (nSPS) is 10.6.